The zero-order chi connectivity index (χ0) is 19.7. The van der Waals surface area contributed by atoms with Crippen LogP contribution in [0.1, 0.15) is 46.0 Å². The summed E-state index contributed by atoms with van der Waals surface area (Å²) in [5.74, 6) is 1.63. The van der Waals surface area contributed by atoms with Crippen LogP contribution < -0.4 is 0 Å². The highest BCUT2D eigenvalue weighted by molar-refractivity contribution is 5.96. The van der Waals surface area contributed by atoms with E-state index in [-0.39, 0.29) is 5.91 Å². The van der Waals surface area contributed by atoms with Crippen molar-refractivity contribution in [1.82, 2.24) is 25.2 Å². The van der Waals surface area contributed by atoms with Crippen molar-refractivity contribution in [3.8, 4) is 11.4 Å². The van der Waals surface area contributed by atoms with Gasteiger partial charge in [-0.25, -0.2) is 0 Å². The number of amides is 1. The number of rotatable bonds is 4. The third-order valence-electron chi connectivity index (χ3n) is 5.47. The standard InChI is InChI=1S/C21H25N5O2/c1-13-7-4-5-9-17(13)20-22-18(28-25-20)11-16-8-6-10-26(12-16)21(27)19-14(2)23-24-15(19)3/h4-5,7,9,16H,6,8,10-12H2,1-3H3,(H,23,24). The van der Waals surface area contributed by atoms with Crippen molar-refractivity contribution in [2.75, 3.05) is 13.1 Å². The average molecular weight is 379 g/mol. The first-order valence-corrected chi connectivity index (χ1v) is 9.72. The molecule has 146 valence electrons. The zero-order valence-corrected chi connectivity index (χ0v) is 16.5. The van der Waals surface area contributed by atoms with E-state index in [2.05, 4.69) is 20.3 Å². The van der Waals surface area contributed by atoms with Crippen LogP contribution >= 0.6 is 0 Å². The summed E-state index contributed by atoms with van der Waals surface area (Å²) in [5.41, 5.74) is 4.38. The minimum atomic E-state index is 0.0552. The van der Waals surface area contributed by atoms with Crippen LogP contribution in [-0.2, 0) is 6.42 Å². The normalized spacial score (nSPS) is 17.1. The zero-order valence-electron chi connectivity index (χ0n) is 16.5. The summed E-state index contributed by atoms with van der Waals surface area (Å²) in [4.78, 5) is 19.5. The molecule has 1 atom stereocenters. The molecule has 4 rings (SSSR count). The van der Waals surface area contributed by atoms with Gasteiger partial charge in [0.2, 0.25) is 11.7 Å². The number of benzene rings is 1. The van der Waals surface area contributed by atoms with Crippen LogP contribution in [0.15, 0.2) is 28.8 Å². The molecule has 1 aliphatic heterocycles. The van der Waals surface area contributed by atoms with Crippen LogP contribution in [0.4, 0.5) is 0 Å². The molecule has 2 aromatic heterocycles. The second-order valence-electron chi connectivity index (χ2n) is 7.60. The maximum atomic E-state index is 12.9. The Balaban J connectivity index is 1.45. The first-order chi connectivity index (χ1) is 13.5. The van der Waals surface area contributed by atoms with Gasteiger partial charge in [-0.1, -0.05) is 29.4 Å². The van der Waals surface area contributed by atoms with Gasteiger partial charge in [-0.3, -0.25) is 9.89 Å². The SMILES string of the molecule is Cc1ccccc1-c1noc(CC2CCCN(C(=O)c3c(C)n[nH]c3C)C2)n1. The Morgan fingerprint density at radius 1 is 1.29 bits per heavy atom. The number of hydrogen-bond donors (Lipinski definition) is 1. The molecule has 0 bridgehead atoms. The van der Waals surface area contributed by atoms with Crippen molar-refractivity contribution in [2.24, 2.45) is 5.92 Å². The molecule has 0 spiro atoms. The Labute approximate surface area is 164 Å². The highest BCUT2D eigenvalue weighted by Gasteiger charge is 2.28. The van der Waals surface area contributed by atoms with Crippen LogP contribution in [-0.4, -0.2) is 44.2 Å². The number of nitrogens with zero attached hydrogens (tertiary/aromatic N) is 4. The lowest BCUT2D eigenvalue weighted by Crippen LogP contribution is -2.40. The predicted octanol–water partition coefficient (Wildman–Crippen LogP) is 3.48. The molecular weight excluding hydrogens is 354 g/mol. The number of nitrogens with one attached hydrogen (secondary N) is 1. The van der Waals surface area contributed by atoms with Gasteiger partial charge in [0.25, 0.3) is 5.91 Å². The van der Waals surface area contributed by atoms with Crippen LogP contribution in [0.25, 0.3) is 11.4 Å². The number of H-pyrrole nitrogens is 1. The molecule has 7 nitrogen and oxygen atoms in total. The van der Waals surface area contributed by atoms with Gasteiger partial charge in [-0.05, 0) is 45.1 Å². The summed E-state index contributed by atoms with van der Waals surface area (Å²) in [6.07, 6.45) is 2.71. The molecule has 1 aliphatic rings. The summed E-state index contributed by atoms with van der Waals surface area (Å²) in [6, 6.07) is 8.01. The summed E-state index contributed by atoms with van der Waals surface area (Å²) >= 11 is 0. The van der Waals surface area contributed by atoms with Crippen LogP contribution in [0.2, 0.25) is 0 Å². The van der Waals surface area contributed by atoms with E-state index in [0.717, 1.165) is 41.9 Å². The molecule has 3 heterocycles. The Morgan fingerprint density at radius 2 is 2.11 bits per heavy atom. The summed E-state index contributed by atoms with van der Waals surface area (Å²) in [7, 11) is 0. The van der Waals surface area contributed by atoms with Crippen molar-refractivity contribution in [3.63, 3.8) is 0 Å². The Bertz CT molecular complexity index is 971. The third kappa shape index (κ3) is 3.56. The molecule has 3 aromatic rings. The molecule has 1 N–H and O–H groups in total. The Kier molecular flexibility index (Phi) is 4.98. The number of hydrogen-bond acceptors (Lipinski definition) is 5. The lowest BCUT2D eigenvalue weighted by Gasteiger charge is -2.32. The second kappa shape index (κ2) is 7.58. The molecule has 1 saturated heterocycles. The second-order valence-corrected chi connectivity index (χ2v) is 7.60. The number of carbonyl (C=O) groups excluding carboxylic acids is 1. The topological polar surface area (TPSA) is 87.9 Å². The van der Waals surface area contributed by atoms with Crippen molar-refractivity contribution >= 4 is 5.91 Å². The molecule has 1 unspecified atom stereocenters. The van der Waals surface area contributed by atoms with Gasteiger partial charge in [-0.15, -0.1) is 0 Å². The Morgan fingerprint density at radius 3 is 2.86 bits per heavy atom. The molecule has 1 fully saturated rings. The molecule has 0 saturated carbocycles. The van der Waals surface area contributed by atoms with Gasteiger partial charge >= 0.3 is 0 Å². The smallest absolute Gasteiger partial charge is 0.257 e. The van der Waals surface area contributed by atoms with E-state index in [1.807, 2.05) is 49.9 Å². The number of aromatic amines is 1. The van der Waals surface area contributed by atoms with Crippen molar-refractivity contribution in [3.05, 3.63) is 52.7 Å². The van der Waals surface area contributed by atoms with E-state index >= 15 is 0 Å². The quantitative estimate of drug-likeness (QED) is 0.750. The predicted molar refractivity (Wildman–Crippen MR) is 105 cm³/mol. The van der Waals surface area contributed by atoms with Crippen molar-refractivity contribution < 1.29 is 9.32 Å². The highest BCUT2D eigenvalue weighted by atomic mass is 16.5. The highest BCUT2D eigenvalue weighted by Crippen LogP contribution is 2.25. The van der Waals surface area contributed by atoms with E-state index in [9.17, 15) is 4.79 Å². The molecular formula is C21H25N5O2. The first kappa shape index (κ1) is 18.4. The van der Waals surface area contributed by atoms with E-state index in [1.165, 1.54) is 0 Å². The number of aromatic nitrogens is 4. The van der Waals surface area contributed by atoms with Gasteiger partial charge in [0, 0.05) is 30.8 Å². The molecule has 28 heavy (non-hydrogen) atoms. The summed E-state index contributed by atoms with van der Waals surface area (Å²) in [6.45, 7) is 7.27. The van der Waals surface area contributed by atoms with Gasteiger partial charge < -0.3 is 9.42 Å². The number of aryl methyl sites for hydroxylation is 3. The minimum absolute atomic E-state index is 0.0552. The molecule has 7 heteroatoms. The number of carbonyl (C=O) groups is 1. The van der Waals surface area contributed by atoms with E-state index in [0.29, 0.717) is 36.2 Å². The van der Waals surface area contributed by atoms with Crippen LogP contribution in [0, 0.1) is 26.7 Å². The molecule has 1 amide bonds. The maximum Gasteiger partial charge on any atom is 0.257 e. The fraction of sp³-hybridized carbons (Fsp3) is 0.429. The van der Waals surface area contributed by atoms with E-state index in [1.54, 1.807) is 0 Å². The average Bonchev–Trinajstić information content (AvgIpc) is 3.28. The van der Waals surface area contributed by atoms with E-state index < -0.39 is 0 Å². The molecule has 0 aliphatic carbocycles. The lowest BCUT2D eigenvalue weighted by atomic mass is 9.94. The molecule has 0 radical (unpaired) electrons. The largest absolute Gasteiger partial charge is 0.339 e. The number of piperidine rings is 1. The maximum absolute atomic E-state index is 12.9. The Hall–Kier alpha value is -2.96. The van der Waals surface area contributed by atoms with Crippen LogP contribution in [0.5, 0.6) is 0 Å². The monoisotopic (exact) mass is 379 g/mol. The number of likely N-dealkylation sites (tertiary alicyclic amines) is 1. The van der Waals surface area contributed by atoms with Crippen molar-refractivity contribution in [2.45, 2.75) is 40.0 Å². The first-order valence-electron chi connectivity index (χ1n) is 9.72. The van der Waals surface area contributed by atoms with Gasteiger partial charge in [0.1, 0.15) is 0 Å². The lowest BCUT2D eigenvalue weighted by molar-refractivity contribution is 0.0666. The fourth-order valence-electron chi connectivity index (χ4n) is 3.96. The van der Waals surface area contributed by atoms with Gasteiger partial charge in [0.15, 0.2) is 0 Å². The minimum Gasteiger partial charge on any atom is -0.339 e. The summed E-state index contributed by atoms with van der Waals surface area (Å²) in [5, 5.41) is 11.2. The fourth-order valence-corrected chi connectivity index (χ4v) is 3.96. The molecule has 1 aromatic carbocycles. The van der Waals surface area contributed by atoms with Gasteiger partial charge in [0.05, 0.1) is 11.3 Å². The van der Waals surface area contributed by atoms with Gasteiger partial charge in [-0.2, -0.15) is 10.1 Å². The summed E-state index contributed by atoms with van der Waals surface area (Å²) < 4.78 is 5.50. The van der Waals surface area contributed by atoms with Crippen LogP contribution in [0.3, 0.4) is 0 Å². The van der Waals surface area contributed by atoms with Crippen molar-refractivity contribution in [1.29, 1.82) is 0 Å². The van der Waals surface area contributed by atoms with E-state index in [4.69, 9.17) is 4.52 Å². The third-order valence-corrected chi connectivity index (χ3v) is 5.47.